The molecule has 32 heavy (non-hydrogen) atoms. The van der Waals surface area contributed by atoms with Crippen LogP contribution in [0.25, 0.3) is 11.4 Å². The maximum absolute atomic E-state index is 12.9. The number of aryl methyl sites for hydroxylation is 1. The van der Waals surface area contributed by atoms with Gasteiger partial charge in [0, 0.05) is 12.1 Å². The summed E-state index contributed by atoms with van der Waals surface area (Å²) in [6.45, 7) is 2.97. The molecule has 12 heteroatoms. The van der Waals surface area contributed by atoms with E-state index in [1.54, 1.807) is 13.8 Å². The number of sulfonamides is 1. The van der Waals surface area contributed by atoms with Crippen LogP contribution in [-0.4, -0.2) is 31.1 Å². The Labute approximate surface area is 181 Å². The molecule has 0 saturated heterocycles. The molecule has 0 aliphatic rings. The highest BCUT2D eigenvalue weighted by Gasteiger charge is 2.30. The fraction of sp³-hybridized carbons (Fsp3) is 0.250. The highest BCUT2D eigenvalue weighted by Crippen LogP contribution is 2.31. The van der Waals surface area contributed by atoms with Crippen molar-refractivity contribution in [3.63, 3.8) is 0 Å². The Kier molecular flexibility index (Phi) is 6.65. The van der Waals surface area contributed by atoms with Gasteiger partial charge in [0.25, 0.3) is 5.89 Å². The first kappa shape index (κ1) is 23.4. The Morgan fingerprint density at radius 3 is 2.62 bits per heavy atom. The number of aromatic nitrogens is 2. The van der Waals surface area contributed by atoms with Crippen LogP contribution in [0.5, 0.6) is 0 Å². The van der Waals surface area contributed by atoms with E-state index in [0.29, 0.717) is 5.56 Å². The second-order valence-electron chi connectivity index (χ2n) is 6.64. The third-order valence-corrected chi connectivity index (χ3v) is 5.86. The molecule has 3 rings (SSSR count). The maximum Gasteiger partial charge on any atom is 0.416 e. The second-order valence-corrected chi connectivity index (χ2v) is 8.41. The quantitative estimate of drug-likeness (QED) is 0.525. The van der Waals surface area contributed by atoms with Crippen LogP contribution < -0.4 is 4.72 Å². The van der Waals surface area contributed by atoms with Crippen molar-refractivity contribution in [2.24, 2.45) is 0 Å². The summed E-state index contributed by atoms with van der Waals surface area (Å²) in [7, 11) is -3.77. The third-order valence-electron chi connectivity index (χ3n) is 4.32. The zero-order chi connectivity index (χ0) is 23.5. The zero-order valence-corrected chi connectivity index (χ0v) is 17.7. The minimum atomic E-state index is -4.52. The van der Waals surface area contributed by atoms with Crippen LogP contribution in [0.15, 0.2) is 51.9 Å². The van der Waals surface area contributed by atoms with Gasteiger partial charge in [0.15, 0.2) is 6.61 Å². The maximum atomic E-state index is 12.9. The molecule has 0 aliphatic carbocycles. The van der Waals surface area contributed by atoms with Crippen LogP contribution in [-0.2, 0) is 27.5 Å². The van der Waals surface area contributed by atoms with Crippen molar-refractivity contribution in [1.82, 2.24) is 14.9 Å². The number of carbonyl (C=O) groups is 1. The van der Waals surface area contributed by atoms with Crippen LogP contribution in [0, 0.1) is 6.92 Å². The van der Waals surface area contributed by atoms with Gasteiger partial charge in [0.2, 0.25) is 15.8 Å². The lowest BCUT2D eigenvalue weighted by molar-refractivity contribution is -0.137. The highest BCUT2D eigenvalue weighted by atomic mass is 32.2. The summed E-state index contributed by atoms with van der Waals surface area (Å²) in [5, 5.41) is 3.61. The number of ether oxygens (including phenoxy) is 1. The van der Waals surface area contributed by atoms with Crippen LogP contribution in [0.1, 0.15) is 34.3 Å². The molecule has 3 aromatic rings. The Morgan fingerprint density at radius 1 is 1.19 bits per heavy atom. The topological polar surface area (TPSA) is 111 Å². The van der Waals surface area contributed by atoms with E-state index in [-0.39, 0.29) is 34.3 Å². The molecule has 0 unspecified atom stereocenters. The molecule has 1 aromatic heterocycles. The van der Waals surface area contributed by atoms with Crippen LogP contribution in [0.2, 0.25) is 0 Å². The molecular weight excluding hydrogens is 451 g/mol. The number of halogens is 3. The molecule has 0 bridgehead atoms. The van der Waals surface area contributed by atoms with Crippen LogP contribution >= 0.6 is 0 Å². The Hall–Kier alpha value is -3.25. The van der Waals surface area contributed by atoms with Crippen molar-refractivity contribution in [2.45, 2.75) is 31.5 Å². The average molecular weight is 469 g/mol. The van der Waals surface area contributed by atoms with E-state index >= 15 is 0 Å². The van der Waals surface area contributed by atoms with Gasteiger partial charge in [-0.15, -0.1) is 0 Å². The van der Waals surface area contributed by atoms with Crippen molar-refractivity contribution < 1.29 is 35.6 Å². The van der Waals surface area contributed by atoms with Crippen molar-refractivity contribution >= 4 is 16.0 Å². The minimum Gasteiger partial charge on any atom is -0.452 e. The van der Waals surface area contributed by atoms with Crippen LogP contribution in [0.3, 0.4) is 0 Å². The van der Waals surface area contributed by atoms with Gasteiger partial charge in [-0.25, -0.2) is 17.9 Å². The molecule has 0 saturated carbocycles. The van der Waals surface area contributed by atoms with Gasteiger partial charge in [-0.1, -0.05) is 30.3 Å². The number of carbonyl (C=O) groups excluding carboxylic acids is 1. The number of rotatable bonds is 7. The van der Waals surface area contributed by atoms with E-state index in [2.05, 4.69) is 14.9 Å². The molecule has 0 spiro atoms. The summed E-state index contributed by atoms with van der Waals surface area (Å²) >= 11 is 0. The number of nitrogens with zero attached hydrogens (tertiary/aromatic N) is 2. The SMILES string of the molecule is CCNS(=O)(=O)c1ccc(C)c(C(=O)OCc2nc(-c3cccc(C(F)(F)F)c3)no2)c1. The Morgan fingerprint density at radius 2 is 1.94 bits per heavy atom. The number of esters is 1. The predicted octanol–water partition coefficient (Wildman–Crippen LogP) is 3.72. The summed E-state index contributed by atoms with van der Waals surface area (Å²) in [4.78, 5) is 16.3. The molecule has 1 N–H and O–H groups in total. The Bertz CT molecular complexity index is 1240. The van der Waals surface area contributed by atoms with Gasteiger partial charge in [-0.05, 0) is 36.8 Å². The molecule has 0 atom stereocenters. The predicted molar refractivity (Wildman–Crippen MR) is 106 cm³/mol. The van der Waals surface area contributed by atoms with Gasteiger partial charge < -0.3 is 9.26 Å². The second kappa shape index (κ2) is 9.09. The molecular formula is C20H18F3N3O5S. The standard InChI is InChI=1S/C20H18F3N3O5S/c1-3-24-32(28,29)15-8-7-12(2)16(10-15)19(27)30-11-17-25-18(26-31-17)13-5-4-6-14(9-13)20(21,22)23/h4-10,24H,3,11H2,1-2H3. The van der Waals surface area contributed by atoms with Crippen molar-refractivity contribution in [2.75, 3.05) is 6.54 Å². The van der Waals surface area contributed by atoms with Gasteiger partial charge in [0.1, 0.15) is 0 Å². The smallest absolute Gasteiger partial charge is 0.416 e. The molecule has 8 nitrogen and oxygen atoms in total. The van der Waals surface area contributed by atoms with Gasteiger partial charge in [-0.3, -0.25) is 0 Å². The van der Waals surface area contributed by atoms with E-state index in [0.717, 1.165) is 12.1 Å². The summed E-state index contributed by atoms with van der Waals surface area (Å²) in [6, 6.07) is 8.42. The van der Waals surface area contributed by atoms with Gasteiger partial charge in [-0.2, -0.15) is 18.2 Å². The van der Waals surface area contributed by atoms with Crippen molar-refractivity contribution in [3.05, 3.63) is 65.0 Å². The summed E-state index contributed by atoms with van der Waals surface area (Å²) in [5.74, 6) is -1.06. The first-order valence-electron chi connectivity index (χ1n) is 9.29. The van der Waals surface area contributed by atoms with E-state index in [1.165, 1.54) is 30.3 Å². The third kappa shape index (κ3) is 5.32. The Balaban J connectivity index is 1.74. The lowest BCUT2D eigenvalue weighted by Crippen LogP contribution is -2.23. The molecule has 0 aliphatic heterocycles. The molecule has 0 radical (unpaired) electrons. The normalized spacial score (nSPS) is 12.0. The first-order valence-corrected chi connectivity index (χ1v) is 10.8. The lowest BCUT2D eigenvalue weighted by Gasteiger charge is -2.09. The highest BCUT2D eigenvalue weighted by molar-refractivity contribution is 7.89. The monoisotopic (exact) mass is 469 g/mol. The van der Waals surface area contributed by atoms with Crippen molar-refractivity contribution in [1.29, 1.82) is 0 Å². The number of hydrogen-bond acceptors (Lipinski definition) is 7. The van der Waals surface area contributed by atoms with Crippen LogP contribution in [0.4, 0.5) is 13.2 Å². The summed E-state index contributed by atoms with van der Waals surface area (Å²) in [6.07, 6.45) is -4.52. The first-order chi connectivity index (χ1) is 15.0. The summed E-state index contributed by atoms with van der Waals surface area (Å²) in [5.41, 5.74) is -0.267. The van der Waals surface area contributed by atoms with E-state index < -0.39 is 34.3 Å². The molecule has 2 aromatic carbocycles. The van der Waals surface area contributed by atoms with Crippen molar-refractivity contribution in [3.8, 4) is 11.4 Å². The largest absolute Gasteiger partial charge is 0.452 e. The number of nitrogens with one attached hydrogen (secondary N) is 1. The summed E-state index contributed by atoms with van der Waals surface area (Å²) < 4.78 is 75.3. The van der Waals surface area contributed by atoms with Gasteiger partial charge in [0.05, 0.1) is 16.0 Å². The van der Waals surface area contributed by atoms with E-state index in [4.69, 9.17) is 9.26 Å². The molecule has 170 valence electrons. The number of alkyl halides is 3. The molecule has 0 amide bonds. The molecule has 1 heterocycles. The zero-order valence-electron chi connectivity index (χ0n) is 16.9. The van der Waals surface area contributed by atoms with E-state index in [9.17, 15) is 26.4 Å². The number of benzene rings is 2. The fourth-order valence-corrected chi connectivity index (χ4v) is 3.80. The number of hydrogen-bond donors (Lipinski definition) is 1. The van der Waals surface area contributed by atoms with Gasteiger partial charge >= 0.3 is 12.1 Å². The lowest BCUT2D eigenvalue weighted by atomic mass is 10.1. The minimum absolute atomic E-state index is 0.0293. The van der Waals surface area contributed by atoms with E-state index in [1.807, 2.05) is 0 Å². The average Bonchev–Trinajstić information content (AvgIpc) is 3.21. The molecule has 0 fully saturated rings. The fourth-order valence-electron chi connectivity index (χ4n) is 2.73.